The summed E-state index contributed by atoms with van der Waals surface area (Å²) in [4.78, 5) is 12.8. The van der Waals surface area contributed by atoms with Gasteiger partial charge in [0.05, 0.1) is 0 Å². The largest absolute Gasteiger partial charge is 0.285 e. The highest BCUT2D eigenvalue weighted by Crippen LogP contribution is 2.41. The minimum absolute atomic E-state index is 0.0661. The number of hydrogen-bond donors (Lipinski definition) is 0. The molecule has 0 aliphatic rings. The lowest BCUT2D eigenvalue weighted by atomic mass is 9.70. The van der Waals surface area contributed by atoms with Crippen LogP contribution in [0.2, 0.25) is 0 Å². The van der Waals surface area contributed by atoms with Crippen molar-refractivity contribution in [3.8, 4) is 0 Å². The Balaban J connectivity index is 2.37. The summed E-state index contributed by atoms with van der Waals surface area (Å²) in [7, 11) is 0. The van der Waals surface area contributed by atoms with Gasteiger partial charge < -0.3 is 0 Å². The Hall–Kier alpha value is -2.19. The van der Waals surface area contributed by atoms with Gasteiger partial charge in [0.15, 0.2) is 0 Å². The zero-order valence-electron chi connectivity index (χ0n) is 11.9. The van der Waals surface area contributed by atoms with Crippen LogP contribution in [0.25, 0.3) is 0 Å². The van der Waals surface area contributed by atoms with Crippen molar-refractivity contribution in [2.45, 2.75) is 5.41 Å². The minimum atomic E-state index is -0.843. The van der Waals surface area contributed by atoms with Crippen molar-refractivity contribution in [1.82, 2.24) is 0 Å². The number of carbonyl (C=O) groups is 1. The van der Waals surface area contributed by atoms with Crippen molar-refractivity contribution in [2.24, 2.45) is 0 Å². The van der Waals surface area contributed by atoms with Crippen molar-refractivity contribution in [3.63, 3.8) is 0 Å². The van der Waals surface area contributed by atoms with E-state index in [1.165, 1.54) is 0 Å². The third-order valence-corrected chi connectivity index (χ3v) is 4.51. The third-order valence-electron chi connectivity index (χ3n) is 3.92. The molecule has 0 heterocycles. The zero-order chi connectivity index (χ0) is 15.4. The fourth-order valence-electron chi connectivity index (χ4n) is 2.90. The van der Waals surface area contributed by atoms with E-state index in [0.29, 0.717) is 0 Å². The molecule has 0 aromatic heterocycles. The van der Waals surface area contributed by atoms with Crippen molar-refractivity contribution in [1.29, 1.82) is 0 Å². The fourth-order valence-corrected chi connectivity index (χ4v) is 3.59. The van der Waals surface area contributed by atoms with E-state index in [9.17, 15) is 4.79 Å². The van der Waals surface area contributed by atoms with E-state index >= 15 is 0 Å². The fraction of sp³-hybridized carbons (Fsp3) is 0.0500. The maximum atomic E-state index is 12.8. The van der Waals surface area contributed by atoms with Crippen LogP contribution in [0.4, 0.5) is 0 Å². The molecule has 0 spiro atoms. The van der Waals surface area contributed by atoms with E-state index in [2.05, 4.69) is 15.9 Å². The standard InChI is InChI=1S/C20H15BrO/c21-19(22)20(16-10-4-1-5-11-16,17-12-6-2-7-13-17)18-14-8-3-9-15-18/h1-15H. The quantitative estimate of drug-likeness (QED) is 0.481. The van der Waals surface area contributed by atoms with Crippen LogP contribution < -0.4 is 0 Å². The molecule has 0 saturated carbocycles. The van der Waals surface area contributed by atoms with Crippen molar-refractivity contribution in [2.75, 3.05) is 0 Å². The molecule has 1 nitrogen and oxygen atoms in total. The molecular weight excluding hydrogens is 336 g/mol. The monoisotopic (exact) mass is 350 g/mol. The van der Waals surface area contributed by atoms with Gasteiger partial charge >= 0.3 is 0 Å². The molecule has 0 aliphatic carbocycles. The van der Waals surface area contributed by atoms with Gasteiger partial charge in [0.25, 0.3) is 0 Å². The maximum Gasteiger partial charge on any atom is 0.217 e. The highest BCUT2D eigenvalue weighted by Gasteiger charge is 2.42. The second-order valence-corrected chi connectivity index (χ2v) is 5.84. The van der Waals surface area contributed by atoms with Gasteiger partial charge in [-0.15, -0.1) is 0 Å². The van der Waals surface area contributed by atoms with Crippen LogP contribution in [0.15, 0.2) is 91.0 Å². The first-order chi connectivity index (χ1) is 10.8. The second-order valence-electron chi connectivity index (χ2n) is 5.12. The molecule has 0 bridgehead atoms. The van der Waals surface area contributed by atoms with Crippen LogP contribution in [0.3, 0.4) is 0 Å². The first-order valence-corrected chi connectivity index (χ1v) is 7.92. The van der Waals surface area contributed by atoms with E-state index in [0.717, 1.165) is 16.7 Å². The molecule has 0 aliphatic heterocycles. The Morgan fingerprint density at radius 2 is 0.864 bits per heavy atom. The molecule has 0 radical (unpaired) electrons. The lowest BCUT2D eigenvalue weighted by Crippen LogP contribution is -2.35. The topological polar surface area (TPSA) is 17.1 Å². The van der Waals surface area contributed by atoms with Gasteiger partial charge in [0.1, 0.15) is 5.41 Å². The predicted octanol–water partition coefficient (Wildman–Crippen LogP) is 4.94. The summed E-state index contributed by atoms with van der Waals surface area (Å²) in [5.41, 5.74) is 2.02. The van der Waals surface area contributed by atoms with Crippen molar-refractivity contribution < 1.29 is 4.79 Å². The molecule has 0 fully saturated rings. The van der Waals surface area contributed by atoms with Gasteiger partial charge in [-0.1, -0.05) is 91.0 Å². The van der Waals surface area contributed by atoms with Crippen LogP contribution in [0, 0.1) is 0 Å². The highest BCUT2D eigenvalue weighted by molar-refractivity contribution is 9.18. The molecule has 2 heteroatoms. The van der Waals surface area contributed by atoms with Crippen molar-refractivity contribution >= 4 is 20.6 Å². The first-order valence-electron chi connectivity index (χ1n) is 7.13. The minimum Gasteiger partial charge on any atom is -0.285 e. The predicted molar refractivity (Wildman–Crippen MR) is 93.1 cm³/mol. The van der Waals surface area contributed by atoms with E-state index in [4.69, 9.17) is 0 Å². The van der Waals surface area contributed by atoms with Gasteiger partial charge in [0, 0.05) is 0 Å². The summed E-state index contributed by atoms with van der Waals surface area (Å²) in [6.45, 7) is 0. The molecule has 3 aromatic carbocycles. The molecule has 0 N–H and O–H groups in total. The third kappa shape index (κ3) is 2.40. The van der Waals surface area contributed by atoms with Gasteiger partial charge in [-0.25, -0.2) is 0 Å². The zero-order valence-corrected chi connectivity index (χ0v) is 13.5. The first kappa shape index (κ1) is 14.7. The average molecular weight is 351 g/mol. The summed E-state index contributed by atoms with van der Waals surface area (Å²) >= 11 is 3.27. The molecule has 3 aromatic rings. The van der Waals surface area contributed by atoms with Crippen LogP contribution >= 0.6 is 15.9 Å². The highest BCUT2D eigenvalue weighted by atomic mass is 79.9. The van der Waals surface area contributed by atoms with Gasteiger partial charge in [-0.2, -0.15) is 0 Å². The number of hydrogen-bond acceptors (Lipinski definition) is 1. The Bertz CT molecular complexity index is 655. The molecule has 3 rings (SSSR count). The summed E-state index contributed by atoms with van der Waals surface area (Å²) in [5, 5.41) is 0. The summed E-state index contributed by atoms with van der Waals surface area (Å²) in [5.74, 6) is 0. The van der Waals surface area contributed by atoms with Crippen LogP contribution in [-0.4, -0.2) is 4.69 Å². The molecular formula is C20H15BrO. The van der Waals surface area contributed by atoms with E-state index in [1.54, 1.807) is 0 Å². The van der Waals surface area contributed by atoms with Crippen LogP contribution in [-0.2, 0) is 10.2 Å². The van der Waals surface area contributed by atoms with Crippen LogP contribution in [0.5, 0.6) is 0 Å². The van der Waals surface area contributed by atoms with Gasteiger partial charge in [0.2, 0.25) is 4.69 Å². The number of benzene rings is 3. The normalized spacial score (nSPS) is 11.1. The summed E-state index contributed by atoms with van der Waals surface area (Å²) in [6.07, 6.45) is 0. The lowest BCUT2D eigenvalue weighted by molar-refractivity contribution is -0.113. The van der Waals surface area contributed by atoms with Crippen LogP contribution in [0.1, 0.15) is 16.7 Å². The smallest absolute Gasteiger partial charge is 0.217 e. The van der Waals surface area contributed by atoms with E-state index in [1.807, 2.05) is 91.0 Å². The van der Waals surface area contributed by atoms with Gasteiger partial charge in [-0.3, -0.25) is 4.79 Å². The van der Waals surface area contributed by atoms with Gasteiger partial charge in [-0.05, 0) is 32.6 Å². The Labute approximate surface area is 138 Å². The molecule has 0 saturated heterocycles. The summed E-state index contributed by atoms with van der Waals surface area (Å²) < 4.78 is -0.0661. The Morgan fingerprint density at radius 1 is 0.591 bits per heavy atom. The van der Waals surface area contributed by atoms with E-state index < -0.39 is 5.41 Å². The SMILES string of the molecule is O=C(Br)C(c1ccccc1)(c1ccccc1)c1ccccc1. The number of carbonyl (C=O) groups excluding carboxylic acids is 1. The number of halogens is 1. The maximum absolute atomic E-state index is 12.8. The van der Waals surface area contributed by atoms with E-state index in [-0.39, 0.29) is 4.69 Å². The second kappa shape index (κ2) is 6.29. The molecule has 108 valence electrons. The number of rotatable bonds is 4. The average Bonchev–Trinajstić information content (AvgIpc) is 2.58. The summed E-state index contributed by atoms with van der Waals surface area (Å²) in [6, 6.07) is 29.7. The molecule has 0 amide bonds. The Kier molecular flexibility index (Phi) is 4.21. The Morgan fingerprint density at radius 3 is 1.09 bits per heavy atom. The molecule has 22 heavy (non-hydrogen) atoms. The molecule has 0 atom stereocenters. The van der Waals surface area contributed by atoms with Crippen molar-refractivity contribution in [3.05, 3.63) is 108 Å². The molecule has 0 unspecified atom stereocenters. The lowest BCUT2D eigenvalue weighted by Gasteiger charge is -2.32.